The Morgan fingerprint density at radius 1 is 1.17 bits per heavy atom. The number of fused-ring (bicyclic) bond motifs is 1. The van der Waals surface area contributed by atoms with Gasteiger partial charge in [0, 0.05) is 29.6 Å². The third-order valence-corrected chi connectivity index (χ3v) is 6.04. The molecule has 1 atom stereocenters. The highest BCUT2D eigenvalue weighted by Gasteiger charge is 2.31. The van der Waals surface area contributed by atoms with Crippen LogP contribution in [0.3, 0.4) is 0 Å². The lowest BCUT2D eigenvalue weighted by Gasteiger charge is -2.30. The van der Waals surface area contributed by atoms with Crippen LogP contribution in [0.1, 0.15) is 39.0 Å². The number of oxime groups is 1. The van der Waals surface area contributed by atoms with Crippen molar-refractivity contribution in [1.82, 2.24) is 9.97 Å². The minimum Gasteiger partial charge on any atom is -0.490 e. The Morgan fingerprint density at radius 3 is 2.60 bits per heavy atom. The molecule has 0 bridgehead atoms. The quantitative estimate of drug-likeness (QED) is 0.362. The standard InChI is InChI=1S/C25H28N6O4/c1-13-14(2)23-21(15(3)22(13)26)20(31-33-4)9-18(35-23)11-34-17-7-5-16(6-8-17)30-25(32)19-10-28-12-29-24(19)27/h5-8,10,12,18H,9,11,26H2,1-4H3,(H,30,32)(H2,27,28,29). The molecule has 0 aliphatic carbocycles. The number of rotatable bonds is 6. The molecule has 10 heteroatoms. The fourth-order valence-electron chi connectivity index (χ4n) is 3.99. The third-order valence-electron chi connectivity index (χ3n) is 6.04. The molecule has 4 rings (SSSR count). The van der Waals surface area contributed by atoms with Crippen LogP contribution in [-0.2, 0) is 4.84 Å². The Bertz CT molecular complexity index is 1290. The van der Waals surface area contributed by atoms with Gasteiger partial charge in [0.05, 0.1) is 5.71 Å². The van der Waals surface area contributed by atoms with Gasteiger partial charge in [0.2, 0.25) is 0 Å². The van der Waals surface area contributed by atoms with E-state index in [9.17, 15) is 4.79 Å². The number of hydrogen-bond acceptors (Lipinski definition) is 9. The van der Waals surface area contributed by atoms with Crippen LogP contribution in [0.25, 0.3) is 0 Å². The van der Waals surface area contributed by atoms with Crippen LogP contribution in [-0.4, -0.2) is 41.4 Å². The van der Waals surface area contributed by atoms with E-state index in [1.165, 1.54) is 19.6 Å². The van der Waals surface area contributed by atoms with Gasteiger partial charge in [0.15, 0.2) is 0 Å². The molecule has 0 radical (unpaired) electrons. The molecule has 1 unspecified atom stereocenters. The highest BCUT2D eigenvalue weighted by Crippen LogP contribution is 2.39. The first-order valence-electron chi connectivity index (χ1n) is 11.1. The summed E-state index contributed by atoms with van der Waals surface area (Å²) in [4.78, 5) is 25.1. The fraction of sp³-hybridized carbons (Fsp3) is 0.280. The van der Waals surface area contributed by atoms with Crippen molar-refractivity contribution in [3.8, 4) is 11.5 Å². The molecular weight excluding hydrogens is 448 g/mol. The van der Waals surface area contributed by atoms with Gasteiger partial charge in [-0.3, -0.25) is 4.79 Å². The van der Waals surface area contributed by atoms with Gasteiger partial charge in [0.25, 0.3) is 5.91 Å². The first-order chi connectivity index (χ1) is 16.8. The zero-order chi connectivity index (χ0) is 25.1. The van der Waals surface area contributed by atoms with E-state index in [4.69, 9.17) is 25.8 Å². The number of benzene rings is 2. The summed E-state index contributed by atoms with van der Waals surface area (Å²) < 4.78 is 12.3. The smallest absolute Gasteiger partial charge is 0.260 e. The zero-order valence-electron chi connectivity index (χ0n) is 20.1. The van der Waals surface area contributed by atoms with Crippen LogP contribution in [0.15, 0.2) is 41.9 Å². The number of ether oxygens (including phenoxy) is 2. The predicted octanol–water partition coefficient (Wildman–Crippen LogP) is 3.40. The van der Waals surface area contributed by atoms with E-state index < -0.39 is 5.91 Å². The molecule has 35 heavy (non-hydrogen) atoms. The zero-order valence-corrected chi connectivity index (χ0v) is 20.1. The Labute approximate surface area is 203 Å². The molecule has 1 aliphatic heterocycles. The lowest BCUT2D eigenvalue weighted by molar-refractivity contribution is 0.102. The maximum atomic E-state index is 12.4. The van der Waals surface area contributed by atoms with E-state index in [1.54, 1.807) is 24.3 Å². The minimum atomic E-state index is -0.391. The van der Waals surface area contributed by atoms with Crippen molar-refractivity contribution in [2.24, 2.45) is 5.16 Å². The fourth-order valence-corrected chi connectivity index (χ4v) is 3.99. The summed E-state index contributed by atoms with van der Waals surface area (Å²) in [5.41, 5.74) is 18.1. The minimum absolute atomic E-state index is 0.117. The summed E-state index contributed by atoms with van der Waals surface area (Å²) >= 11 is 0. The summed E-state index contributed by atoms with van der Waals surface area (Å²) in [7, 11) is 1.52. The number of anilines is 3. The van der Waals surface area contributed by atoms with Crippen LogP contribution < -0.4 is 26.3 Å². The number of amides is 1. The summed E-state index contributed by atoms with van der Waals surface area (Å²) in [6.45, 7) is 6.23. The Kier molecular flexibility index (Phi) is 6.72. The average molecular weight is 477 g/mol. The van der Waals surface area contributed by atoms with Crippen molar-refractivity contribution in [3.63, 3.8) is 0 Å². The summed E-state index contributed by atoms with van der Waals surface area (Å²) in [5.74, 6) is 1.11. The molecule has 1 aromatic heterocycles. The van der Waals surface area contributed by atoms with Crippen LogP contribution in [0.2, 0.25) is 0 Å². The van der Waals surface area contributed by atoms with Gasteiger partial charge in [-0.05, 0) is 61.7 Å². The molecule has 2 heterocycles. The molecule has 182 valence electrons. The molecule has 1 amide bonds. The van der Waals surface area contributed by atoms with E-state index in [0.29, 0.717) is 24.5 Å². The number of nitrogens with one attached hydrogen (secondary N) is 1. The Morgan fingerprint density at radius 2 is 1.91 bits per heavy atom. The number of aromatic nitrogens is 2. The average Bonchev–Trinajstić information content (AvgIpc) is 2.86. The van der Waals surface area contributed by atoms with Gasteiger partial charge in [-0.25, -0.2) is 9.97 Å². The molecule has 10 nitrogen and oxygen atoms in total. The van der Waals surface area contributed by atoms with Crippen molar-refractivity contribution >= 4 is 28.8 Å². The van der Waals surface area contributed by atoms with Crippen molar-refractivity contribution in [2.75, 3.05) is 30.5 Å². The second kappa shape index (κ2) is 9.88. The summed E-state index contributed by atoms with van der Waals surface area (Å²) in [6, 6.07) is 7.01. The van der Waals surface area contributed by atoms with Crippen molar-refractivity contribution in [1.29, 1.82) is 0 Å². The Balaban J connectivity index is 1.44. The third kappa shape index (κ3) is 4.81. The largest absolute Gasteiger partial charge is 0.490 e. The van der Waals surface area contributed by atoms with E-state index in [-0.39, 0.29) is 17.5 Å². The van der Waals surface area contributed by atoms with Gasteiger partial charge < -0.3 is 31.1 Å². The van der Waals surface area contributed by atoms with Crippen molar-refractivity contribution in [3.05, 3.63) is 64.6 Å². The number of nitrogens with two attached hydrogens (primary N) is 2. The molecule has 0 spiro atoms. The number of nitrogen functional groups attached to an aromatic ring is 2. The molecule has 0 saturated carbocycles. The number of hydrogen-bond donors (Lipinski definition) is 3. The highest BCUT2D eigenvalue weighted by atomic mass is 16.6. The molecule has 5 N–H and O–H groups in total. The molecule has 1 aliphatic rings. The number of carbonyl (C=O) groups is 1. The van der Waals surface area contributed by atoms with E-state index >= 15 is 0 Å². The van der Waals surface area contributed by atoms with Gasteiger partial charge in [-0.15, -0.1) is 0 Å². The summed E-state index contributed by atoms with van der Waals surface area (Å²) in [5, 5.41) is 7.01. The Hall–Kier alpha value is -4.34. The van der Waals surface area contributed by atoms with E-state index in [0.717, 1.165) is 39.4 Å². The molecular formula is C25H28N6O4. The maximum Gasteiger partial charge on any atom is 0.260 e. The SMILES string of the molecule is CON=C1CC(COc2ccc(NC(=O)c3cncnc3N)cc2)Oc2c(C)c(C)c(N)c(C)c21. The predicted molar refractivity (Wildman–Crippen MR) is 134 cm³/mol. The first kappa shape index (κ1) is 23.8. The molecule has 0 fully saturated rings. The van der Waals surface area contributed by atoms with Gasteiger partial charge >= 0.3 is 0 Å². The monoisotopic (exact) mass is 476 g/mol. The van der Waals surface area contributed by atoms with Crippen molar-refractivity contribution < 1.29 is 19.1 Å². The van der Waals surface area contributed by atoms with E-state index in [2.05, 4.69) is 20.4 Å². The number of carbonyl (C=O) groups excluding carboxylic acids is 1. The molecule has 2 aromatic carbocycles. The molecule has 3 aromatic rings. The van der Waals surface area contributed by atoms with Crippen LogP contribution in [0.4, 0.5) is 17.2 Å². The van der Waals surface area contributed by atoms with Crippen molar-refractivity contribution in [2.45, 2.75) is 33.3 Å². The lowest BCUT2D eigenvalue weighted by atomic mass is 9.90. The molecule has 0 saturated heterocycles. The van der Waals surface area contributed by atoms with Crippen LogP contribution in [0.5, 0.6) is 11.5 Å². The van der Waals surface area contributed by atoms with Crippen LogP contribution >= 0.6 is 0 Å². The lowest BCUT2D eigenvalue weighted by Crippen LogP contribution is -2.34. The maximum absolute atomic E-state index is 12.4. The summed E-state index contributed by atoms with van der Waals surface area (Å²) in [6.07, 6.45) is 2.91. The normalized spacial score (nSPS) is 15.8. The second-order valence-electron chi connectivity index (χ2n) is 8.27. The van der Waals surface area contributed by atoms with Gasteiger partial charge in [-0.1, -0.05) is 5.16 Å². The topological polar surface area (TPSA) is 147 Å². The van der Waals surface area contributed by atoms with E-state index in [1.807, 2.05) is 20.8 Å². The first-order valence-corrected chi connectivity index (χ1v) is 11.1. The second-order valence-corrected chi connectivity index (χ2v) is 8.27. The highest BCUT2D eigenvalue weighted by molar-refractivity contribution is 6.07. The van der Waals surface area contributed by atoms with Crippen LogP contribution in [0, 0.1) is 20.8 Å². The number of nitrogens with zero attached hydrogens (tertiary/aromatic N) is 3. The van der Waals surface area contributed by atoms with Gasteiger partial charge in [0.1, 0.15) is 49.0 Å². The van der Waals surface area contributed by atoms with Gasteiger partial charge in [-0.2, -0.15) is 0 Å².